The van der Waals surface area contributed by atoms with Gasteiger partial charge in [0, 0.05) is 38.6 Å². The highest BCUT2D eigenvalue weighted by Gasteiger charge is 2.13. The minimum Gasteiger partial charge on any atom is -0.326 e. The first kappa shape index (κ1) is 11.3. The van der Waals surface area contributed by atoms with E-state index in [0.717, 1.165) is 5.56 Å². The van der Waals surface area contributed by atoms with E-state index in [1.54, 1.807) is 41.9 Å². The monoisotopic (exact) mass is 234 g/mol. The average Bonchev–Trinajstić information content (AvgIpc) is 2.85. The average molecular weight is 234 g/mol. The maximum Gasteiger partial charge on any atom is 0.277 e. The van der Waals surface area contributed by atoms with Crippen LogP contribution in [0.3, 0.4) is 0 Å². The van der Waals surface area contributed by atoms with Crippen LogP contribution >= 0.6 is 0 Å². The second kappa shape index (κ2) is 4.38. The van der Waals surface area contributed by atoms with Gasteiger partial charge in [-0.3, -0.25) is 14.2 Å². The summed E-state index contributed by atoms with van der Waals surface area (Å²) >= 11 is 0. The van der Waals surface area contributed by atoms with Crippen molar-refractivity contribution in [2.45, 2.75) is 6.54 Å². The van der Waals surface area contributed by atoms with Gasteiger partial charge in [0.25, 0.3) is 5.91 Å². The number of hydrogen-bond donors (Lipinski definition) is 2. The predicted molar refractivity (Wildman–Crippen MR) is 62.3 cm³/mol. The summed E-state index contributed by atoms with van der Waals surface area (Å²) in [6.07, 6.45) is 3.48. The first-order valence-corrected chi connectivity index (χ1v) is 5.13. The van der Waals surface area contributed by atoms with Crippen molar-refractivity contribution in [3.63, 3.8) is 0 Å². The van der Waals surface area contributed by atoms with Gasteiger partial charge in [0.2, 0.25) is 0 Å². The summed E-state index contributed by atoms with van der Waals surface area (Å²) in [5.41, 5.74) is 6.70. The number of aryl methyl sites for hydroxylation is 2. The van der Waals surface area contributed by atoms with Crippen molar-refractivity contribution in [1.82, 2.24) is 19.6 Å². The van der Waals surface area contributed by atoms with Gasteiger partial charge < -0.3 is 11.1 Å². The second-order valence-corrected chi connectivity index (χ2v) is 3.71. The quantitative estimate of drug-likeness (QED) is 0.773. The van der Waals surface area contributed by atoms with Crippen molar-refractivity contribution in [1.29, 1.82) is 0 Å². The fourth-order valence-corrected chi connectivity index (χ4v) is 1.50. The van der Waals surface area contributed by atoms with Gasteiger partial charge in [-0.25, -0.2) is 0 Å². The number of carbonyl (C=O) groups excluding carboxylic acids is 1. The lowest BCUT2D eigenvalue weighted by atomic mass is 10.3. The van der Waals surface area contributed by atoms with Crippen LogP contribution in [-0.2, 0) is 20.6 Å². The van der Waals surface area contributed by atoms with Crippen LogP contribution in [0.5, 0.6) is 0 Å². The molecule has 0 bridgehead atoms. The molecule has 7 heteroatoms. The lowest BCUT2D eigenvalue weighted by molar-refractivity contribution is 0.102. The number of carbonyl (C=O) groups is 1. The van der Waals surface area contributed by atoms with E-state index in [1.165, 1.54) is 0 Å². The van der Waals surface area contributed by atoms with Crippen LogP contribution in [-0.4, -0.2) is 25.5 Å². The zero-order valence-electron chi connectivity index (χ0n) is 9.71. The molecule has 0 spiro atoms. The van der Waals surface area contributed by atoms with E-state index < -0.39 is 0 Å². The summed E-state index contributed by atoms with van der Waals surface area (Å²) in [7, 11) is 3.53. The molecule has 0 aliphatic carbocycles. The summed E-state index contributed by atoms with van der Waals surface area (Å²) in [5, 5.41) is 10.8. The third kappa shape index (κ3) is 2.34. The van der Waals surface area contributed by atoms with Crippen LogP contribution in [0.1, 0.15) is 16.1 Å². The van der Waals surface area contributed by atoms with E-state index in [9.17, 15) is 4.79 Å². The van der Waals surface area contributed by atoms with Crippen molar-refractivity contribution in [2.75, 3.05) is 5.32 Å². The number of amides is 1. The molecule has 0 fully saturated rings. The van der Waals surface area contributed by atoms with Crippen molar-refractivity contribution >= 4 is 11.7 Å². The van der Waals surface area contributed by atoms with E-state index in [4.69, 9.17) is 5.73 Å². The molecule has 0 saturated heterocycles. The van der Waals surface area contributed by atoms with Gasteiger partial charge in [-0.15, -0.1) is 0 Å². The van der Waals surface area contributed by atoms with E-state index in [-0.39, 0.29) is 5.91 Å². The minimum atomic E-state index is -0.293. The number of aromatic nitrogens is 4. The summed E-state index contributed by atoms with van der Waals surface area (Å²) in [5.74, 6) is 0.185. The molecular formula is C10H14N6O. The Bertz CT molecular complexity index is 541. The first-order chi connectivity index (χ1) is 8.10. The molecular weight excluding hydrogens is 220 g/mol. The highest BCUT2D eigenvalue weighted by Crippen LogP contribution is 2.12. The minimum absolute atomic E-state index is 0.293. The molecule has 1 amide bonds. The van der Waals surface area contributed by atoms with Gasteiger partial charge in [-0.1, -0.05) is 0 Å². The van der Waals surface area contributed by atoms with Crippen LogP contribution in [0, 0.1) is 0 Å². The molecule has 0 saturated carbocycles. The molecule has 0 aliphatic heterocycles. The summed E-state index contributed by atoms with van der Waals surface area (Å²) in [6, 6.07) is 1.64. The van der Waals surface area contributed by atoms with Crippen molar-refractivity contribution in [2.24, 2.45) is 19.8 Å². The van der Waals surface area contributed by atoms with Crippen LogP contribution < -0.4 is 11.1 Å². The summed E-state index contributed by atoms with van der Waals surface area (Å²) in [4.78, 5) is 11.8. The van der Waals surface area contributed by atoms with Gasteiger partial charge in [0.05, 0.1) is 0 Å². The normalized spacial score (nSPS) is 10.5. The molecule has 0 radical (unpaired) electrons. The second-order valence-electron chi connectivity index (χ2n) is 3.71. The largest absolute Gasteiger partial charge is 0.326 e. The van der Waals surface area contributed by atoms with Gasteiger partial charge in [0.1, 0.15) is 0 Å². The van der Waals surface area contributed by atoms with Crippen LogP contribution in [0.4, 0.5) is 5.82 Å². The fraction of sp³-hybridized carbons (Fsp3) is 0.300. The number of rotatable bonds is 3. The van der Waals surface area contributed by atoms with Crippen LogP contribution in [0.2, 0.25) is 0 Å². The van der Waals surface area contributed by atoms with Gasteiger partial charge in [0.15, 0.2) is 11.5 Å². The zero-order valence-corrected chi connectivity index (χ0v) is 9.71. The Labute approximate surface area is 98.2 Å². The Morgan fingerprint density at radius 3 is 2.76 bits per heavy atom. The number of anilines is 1. The van der Waals surface area contributed by atoms with Crippen LogP contribution in [0.15, 0.2) is 18.5 Å². The van der Waals surface area contributed by atoms with Gasteiger partial charge >= 0.3 is 0 Å². The molecule has 2 aromatic rings. The Balaban J connectivity index is 2.18. The van der Waals surface area contributed by atoms with E-state index >= 15 is 0 Å². The van der Waals surface area contributed by atoms with E-state index in [2.05, 4.69) is 15.5 Å². The molecule has 7 nitrogen and oxygen atoms in total. The Hall–Kier alpha value is -2.15. The van der Waals surface area contributed by atoms with E-state index in [1.807, 2.05) is 0 Å². The molecule has 2 heterocycles. The molecule has 0 aromatic carbocycles. The maximum absolute atomic E-state index is 11.8. The zero-order chi connectivity index (χ0) is 12.4. The molecule has 0 unspecified atom stereocenters. The predicted octanol–water partition coefficient (Wildman–Crippen LogP) is -0.135. The lowest BCUT2D eigenvalue weighted by Crippen LogP contribution is -2.15. The smallest absolute Gasteiger partial charge is 0.277 e. The highest BCUT2D eigenvalue weighted by atomic mass is 16.2. The van der Waals surface area contributed by atoms with Gasteiger partial charge in [-0.05, 0) is 6.07 Å². The SMILES string of the molecule is Cn1ccc(C(=O)Nc2nn(C)cc2CN)n1. The Kier molecular flexibility index (Phi) is 2.92. The number of hydrogen-bond acceptors (Lipinski definition) is 4. The third-order valence-corrected chi connectivity index (χ3v) is 2.30. The molecule has 3 N–H and O–H groups in total. The fourth-order valence-electron chi connectivity index (χ4n) is 1.50. The molecule has 2 rings (SSSR count). The number of nitrogens with zero attached hydrogens (tertiary/aromatic N) is 4. The summed E-state index contributed by atoms with van der Waals surface area (Å²) in [6.45, 7) is 0.325. The van der Waals surface area contributed by atoms with Gasteiger partial charge in [-0.2, -0.15) is 10.2 Å². The summed E-state index contributed by atoms with van der Waals surface area (Å²) < 4.78 is 3.17. The molecule has 17 heavy (non-hydrogen) atoms. The third-order valence-electron chi connectivity index (χ3n) is 2.30. The van der Waals surface area contributed by atoms with Crippen LogP contribution in [0.25, 0.3) is 0 Å². The van der Waals surface area contributed by atoms with Crippen molar-refractivity contribution < 1.29 is 4.79 Å². The van der Waals surface area contributed by atoms with E-state index in [0.29, 0.717) is 18.1 Å². The highest BCUT2D eigenvalue weighted by molar-refractivity contribution is 6.02. The topological polar surface area (TPSA) is 90.8 Å². The standard InChI is InChI=1S/C10H14N6O/c1-15-4-3-8(13-15)10(17)12-9-7(5-11)6-16(2)14-9/h3-4,6H,5,11H2,1-2H3,(H,12,14,17). The Morgan fingerprint density at radius 2 is 2.18 bits per heavy atom. The molecule has 2 aromatic heterocycles. The lowest BCUT2D eigenvalue weighted by Gasteiger charge is -2.00. The van der Waals surface area contributed by atoms with Crippen molar-refractivity contribution in [3.05, 3.63) is 29.7 Å². The molecule has 0 aliphatic rings. The number of nitrogens with two attached hydrogens (primary N) is 1. The first-order valence-electron chi connectivity index (χ1n) is 5.13. The Morgan fingerprint density at radius 1 is 1.41 bits per heavy atom. The molecule has 0 atom stereocenters. The number of nitrogens with one attached hydrogen (secondary N) is 1. The van der Waals surface area contributed by atoms with Crippen molar-refractivity contribution in [3.8, 4) is 0 Å². The maximum atomic E-state index is 11.8. The molecule has 90 valence electrons.